The third-order valence-electron chi connectivity index (χ3n) is 3.08. The Morgan fingerprint density at radius 2 is 2.11 bits per heavy atom. The monoisotopic (exact) mass is 248 g/mol. The minimum atomic E-state index is 0.0766. The molecule has 0 saturated carbocycles. The Hall–Kier alpha value is -1.35. The Balaban J connectivity index is 2.55. The number of aryl methyl sites for hydroxylation is 1. The molecule has 0 aliphatic rings. The molecule has 0 heterocycles. The van der Waals surface area contributed by atoms with E-state index in [2.05, 4.69) is 19.2 Å². The Morgan fingerprint density at radius 3 is 2.67 bits per heavy atom. The number of benzene rings is 1. The lowest BCUT2D eigenvalue weighted by molar-refractivity contribution is -0.121. The van der Waals surface area contributed by atoms with Gasteiger partial charge >= 0.3 is 0 Å². The van der Waals surface area contributed by atoms with E-state index in [1.54, 1.807) is 0 Å². The predicted octanol–water partition coefficient (Wildman–Crippen LogP) is 2.03. The second-order valence-electron chi connectivity index (χ2n) is 5.16. The average molecular weight is 248 g/mol. The van der Waals surface area contributed by atoms with Crippen LogP contribution in [-0.2, 0) is 11.2 Å². The van der Waals surface area contributed by atoms with Crippen molar-refractivity contribution in [2.75, 3.05) is 6.54 Å². The van der Waals surface area contributed by atoms with Crippen LogP contribution in [0.2, 0.25) is 0 Å². The molecule has 100 valence electrons. The highest BCUT2D eigenvalue weighted by atomic mass is 16.1. The molecule has 1 aromatic rings. The number of rotatable bonds is 6. The lowest BCUT2D eigenvalue weighted by Gasteiger charge is -2.21. The van der Waals surface area contributed by atoms with Crippen molar-refractivity contribution in [2.24, 2.45) is 11.7 Å². The first kappa shape index (κ1) is 14.7. The molecule has 0 aromatic heterocycles. The second-order valence-corrected chi connectivity index (χ2v) is 5.16. The van der Waals surface area contributed by atoms with E-state index < -0.39 is 0 Å². The number of amides is 1. The molecule has 3 nitrogen and oxygen atoms in total. The van der Waals surface area contributed by atoms with Crippen molar-refractivity contribution in [2.45, 2.75) is 39.7 Å². The summed E-state index contributed by atoms with van der Waals surface area (Å²) < 4.78 is 0. The summed E-state index contributed by atoms with van der Waals surface area (Å²) in [6.45, 7) is 6.85. The maximum atomic E-state index is 12.0. The van der Waals surface area contributed by atoms with E-state index in [0.717, 1.165) is 12.0 Å². The summed E-state index contributed by atoms with van der Waals surface area (Å²) in [5.41, 5.74) is 7.81. The summed E-state index contributed by atoms with van der Waals surface area (Å²) in [7, 11) is 0. The van der Waals surface area contributed by atoms with Crippen LogP contribution in [0.4, 0.5) is 0 Å². The highest BCUT2D eigenvalue weighted by Crippen LogP contribution is 2.08. The van der Waals surface area contributed by atoms with Gasteiger partial charge in [0.25, 0.3) is 0 Å². The molecular formula is C15H24N2O. The van der Waals surface area contributed by atoms with Gasteiger partial charge in [0.15, 0.2) is 0 Å². The molecule has 3 heteroatoms. The fourth-order valence-electron chi connectivity index (χ4n) is 2.02. The van der Waals surface area contributed by atoms with Gasteiger partial charge < -0.3 is 11.1 Å². The van der Waals surface area contributed by atoms with Crippen molar-refractivity contribution in [1.29, 1.82) is 0 Å². The molecular weight excluding hydrogens is 224 g/mol. The summed E-state index contributed by atoms with van der Waals surface area (Å²) in [6, 6.07) is 8.23. The van der Waals surface area contributed by atoms with Crippen LogP contribution < -0.4 is 11.1 Å². The largest absolute Gasteiger partial charge is 0.353 e. The number of hydrogen-bond acceptors (Lipinski definition) is 2. The van der Waals surface area contributed by atoms with Gasteiger partial charge in [-0.15, -0.1) is 0 Å². The highest BCUT2D eigenvalue weighted by molar-refractivity contribution is 5.78. The maximum absolute atomic E-state index is 12.0. The quantitative estimate of drug-likeness (QED) is 0.809. The number of nitrogens with two attached hydrogens (primary N) is 1. The summed E-state index contributed by atoms with van der Waals surface area (Å²) in [6.07, 6.45) is 1.27. The first-order valence-corrected chi connectivity index (χ1v) is 6.58. The summed E-state index contributed by atoms with van der Waals surface area (Å²) in [5.74, 6) is 0.489. The number of carbonyl (C=O) groups excluding carboxylic acids is 1. The van der Waals surface area contributed by atoms with Gasteiger partial charge in [-0.2, -0.15) is 0 Å². The number of nitrogens with one attached hydrogen (secondary N) is 1. The van der Waals surface area contributed by atoms with Gasteiger partial charge in [0, 0.05) is 6.04 Å². The topological polar surface area (TPSA) is 55.1 Å². The molecule has 1 atom stereocenters. The van der Waals surface area contributed by atoms with Gasteiger partial charge in [-0.1, -0.05) is 43.7 Å². The van der Waals surface area contributed by atoms with Crippen LogP contribution in [0.5, 0.6) is 0 Å². The van der Waals surface area contributed by atoms with E-state index in [9.17, 15) is 4.79 Å². The van der Waals surface area contributed by atoms with Crippen molar-refractivity contribution in [1.82, 2.24) is 5.32 Å². The normalized spacial score (nSPS) is 12.5. The first-order valence-electron chi connectivity index (χ1n) is 6.58. The SMILES string of the molecule is Cc1cccc(CC(=O)NC(CCN)C(C)C)c1. The van der Waals surface area contributed by atoms with Crippen molar-refractivity contribution in [3.63, 3.8) is 0 Å². The molecule has 1 unspecified atom stereocenters. The van der Waals surface area contributed by atoms with Crippen molar-refractivity contribution >= 4 is 5.91 Å². The van der Waals surface area contributed by atoms with Crippen molar-refractivity contribution < 1.29 is 4.79 Å². The van der Waals surface area contributed by atoms with Crippen LogP contribution in [0.1, 0.15) is 31.4 Å². The van der Waals surface area contributed by atoms with Crippen LogP contribution in [0.15, 0.2) is 24.3 Å². The van der Waals surface area contributed by atoms with E-state index in [1.807, 2.05) is 31.2 Å². The standard InChI is InChI=1S/C15H24N2O/c1-11(2)14(7-8-16)17-15(18)10-13-6-4-5-12(3)9-13/h4-6,9,11,14H,7-8,10,16H2,1-3H3,(H,17,18). The third kappa shape index (κ3) is 4.88. The fraction of sp³-hybridized carbons (Fsp3) is 0.533. The molecule has 0 saturated heterocycles. The molecule has 3 N–H and O–H groups in total. The summed E-state index contributed by atoms with van der Waals surface area (Å²) in [5, 5.41) is 3.07. The van der Waals surface area contributed by atoms with Gasteiger partial charge in [0.05, 0.1) is 6.42 Å². The van der Waals surface area contributed by atoms with Gasteiger partial charge in [-0.25, -0.2) is 0 Å². The zero-order valence-corrected chi connectivity index (χ0v) is 11.6. The Bertz CT molecular complexity index is 388. The molecule has 0 fully saturated rings. The van der Waals surface area contributed by atoms with E-state index in [1.165, 1.54) is 5.56 Å². The van der Waals surface area contributed by atoms with Crippen molar-refractivity contribution in [3.05, 3.63) is 35.4 Å². The van der Waals surface area contributed by atoms with Crippen LogP contribution in [-0.4, -0.2) is 18.5 Å². The molecule has 18 heavy (non-hydrogen) atoms. The van der Waals surface area contributed by atoms with Gasteiger partial charge in [-0.3, -0.25) is 4.79 Å². The van der Waals surface area contributed by atoms with E-state index in [-0.39, 0.29) is 11.9 Å². The second kappa shape index (κ2) is 7.17. The summed E-state index contributed by atoms with van der Waals surface area (Å²) >= 11 is 0. The smallest absolute Gasteiger partial charge is 0.224 e. The lowest BCUT2D eigenvalue weighted by atomic mass is 10.0. The average Bonchev–Trinajstić information content (AvgIpc) is 2.28. The van der Waals surface area contributed by atoms with Gasteiger partial charge in [0.2, 0.25) is 5.91 Å². The van der Waals surface area contributed by atoms with Crippen LogP contribution >= 0.6 is 0 Å². The van der Waals surface area contributed by atoms with Crippen LogP contribution in [0, 0.1) is 12.8 Å². The van der Waals surface area contributed by atoms with Gasteiger partial charge in [-0.05, 0) is 31.4 Å². The van der Waals surface area contributed by atoms with E-state index in [0.29, 0.717) is 18.9 Å². The van der Waals surface area contributed by atoms with Crippen LogP contribution in [0.3, 0.4) is 0 Å². The molecule has 1 amide bonds. The molecule has 1 aromatic carbocycles. The molecule has 0 bridgehead atoms. The molecule has 0 radical (unpaired) electrons. The first-order chi connectivity index (χ1) is 8.52. The lowest BCUT2D eigenvalue weighted by Crippen LogP contribution is -2.40. The zero-order valence-electron chi connectivity index (χ0n) is 11.6. The number of carbonyl (C=O) groups is 1. The Morgan fingerprint density at radius 1 is 1.39 bits per heavy atom. The molecule has 0 aliphatic heterocycles. The van der Waals surface area contributed by atoms with E-state index >= 15 is 0 Å². The van der Waals surface area contributed by atoms with Gasteiger partial charge in [0.1, 0.15) is 0 Å². The number of hydrogen-bond donors (Lipinski definition) is 2. The minimum Gasteiger partial charge on any atom is -0.353 e. The van der Waals surface area contributed by atoms with E-state index in [4.69, 9.17) is 5.73 Å². The minimum absolute atomic E-state index is 0.0766. The molecule has 1 rings (SSSR count). The summed E-state index contributed by atoms with van der Waals surface area (Å²) in [4.78, 5) is 12.0. The Labute approximate surface area is 110 Å². The Kier molecular flexibility index (Phi) is 5.86. The van der Waals surface area contributed by atoms with Crippen molar-refractivity contribution in [3.8, 4) is 0 Å². The maximum Gasteiger partial charge on any atom is 0.224 e. The fourth-order valence-corrected chi connectivity index (χ4v) is 2.02. The molecule has 0 spiro atoms. The zero-order chi connectivity index (χ0) is 13.5. The molecule has 0 aliphatic carbocycles. The van der Waals surface area contributed by atoms with Crippen LogP contribution in [0.25, 0.3) is 0 Å². The third-order valence-corrected chi connectivity index (χ3v) is 3.08. The predicted molar refractivity (Wildman–Crippen MR) is 75.3 cm³/mol. The highest BCUT2D eigenvalue weighted by Gasteiger charge is 2.15.